The van der Waals surface area contributed by atoms with Gasteiger partial charge in [0.05, 0.1) is 23.2 Å². The largest absolute Gasteiger partial charge is 0.491 e. The molecule has 0 saturated carbocycles. The number of hydrogen-bond acceptors (Lipinski definition) is 3. The van der Waals surface area contributed by atoms with Crippen LogP contribution in [0.2, 0.25) is 0 Å². The van der Waals surface area contributed by atoms with Crippen molar-refractivity contribution in [2.24, 2.45) is 0 Å². The minimum Gasteiger partial charge on any atom is -0.491 e. The molecule has 25 heavy (non-hydrogen) atoms. The standard InChI is InChI=1S/C20H19NO3S/c1-14(2)24-17-11-9-15(10-12-17)13-21-18-7-3-5-16-6-4-8-19(20(16)18)25(21,22)23/h3-12,14H,13H2,1-2H3. The molecule has 0 atom stereocenters. The average molecular weight is 353 g/mol. The number of nitrogens with zero attached hydrogens (tertiary/aromatic N) is 1. The van der Waals surface area contributed by atoms with E-state index >= 15 is 0 Å². The molecule has 128 valence electrons. The van der Waals surface area contributed by atoms with Crippen molar-refractivity contribution in [2.45, 2.75) is 31.4 Å². The highest BCUT2D eigenvalue weighted by Gasteiger charge is 2.35. The summed E-state index contributed by atoms with van der Waals surface area (Å²) in [4.78, 5) is 0.389. The summed E-state index contributed by atoms with van der Waals surface area (Å²) in [7, 11) is -3.52. The van der Waals surface area contributed by atoms with Crippen LogP contribution in [-0.2, 0) is 16.6 Å². The third-order valence-electron chi connectivity index (χ3n) is 4.30. The number of hydrogen-bond donors (Lipinski definition) is 0. The predicted molar refractivity (Wildman–Crippen MR) is 99.5 cm³/mol. The molecule has 5 heteroatoms. The molecular formula is C20H19NO3S. The zero-order valence-corrected chi connectivity index (χ0v) is 15.0. The molecule has 1 aliphatic heterocycles. The van der Waals surface area contributed by atoms with E-state index in [-0.39, 0.29) is 6.10 Å². The first-order chi connectivity index (χ1) is 12.0. The van der Waals surface area contributed by atoms with Gasteiger partial charge >= 0.3 is 0 Å². The topological polar surface area (TPSA) is 46.6 Å². The van der Waals surface area contributed by atoms with Crippen molar-refractivity contribution >= 4 is 26.5 Å². The van der Waals surface area contributed by atoms with E-state index in [1.54, 1.807) is 12.1 Å². The van der Waals surface area contributed by atoms with Gasteiger partial charge in [-0.1, -0.05) is 36.4 Å². The maximum absolute atomic E-state index is 13.0. The molecule has 0 aliphatic carbocycles. The molecule has 1 heterocycles. The van der Waals surface area contributed by atoms with Crippen molar-refractivity contribution < 1.29 is 13.2 Å². The monoisotopic (exact) mass is 353 g/mol. The third-order valence-corrected chi connectivity index (χ3v) is 6.10. The Morgan fingerprint density at radius 2 is 1.64 bits per heavy atom. The number of ether oxygens (including phenoxy) is 1. The highest BCUT2D eigenvalue weighted by molar-refractivity contribution is 7.93. The van der Waals surface area contributed by atoms with Gasteiger partial charge < -0.3 is 4.74 Å². The summed E-state index contributed by atoms with van der Waals surface area (Å²) < 4.78 is 33.1. The van der Waals surface area contributed by atoms with Crippen molar-refractivity contribution in [1.82, 2.24) is 0 Å². The van der Waals surface area contributed by atoms with E-state index in [0.29, 0.717) is 11.4 Å². The highest BCUT2D eigenvalue weighted by atomic mass is 32.2. The van der Waals surface area contributed by atoms with Gasteiger partial charge in [-0.15, -0.1) is 0 Å². The second kappa shape index (κ2) is 5.77. The number of anilines is 1. The van der Waals surface area contributed by atoms with Crippen molar-refractivity contribution in [3.8, 4) is 5.75 Å². The summed E-state index contributed by atoms with van der Waals surface area (Å²) in [6.45, 7) is 4.25. The average Bonchev–Trinajstić information content (AvgIpc) is 2.80. The summed E-state index contributed by atoms with van der Waals surface area (Å²) in [6.07, 6.45) is 0.108. The molecule has 0 radical (unpaired) electrons. The first-order valence-electron chi connectivity index (χ1n) is 8.27. The van der Waals surface area contributed by atoms with Gasteiger partial charge in [0, 0.05) is 5.39 Å². The zero-order chi connectivity index (χ0) is 17.6. The Labute approximate surface area is 147 Å². The van der Waals surface area contributed by atoms with Crippen LogP contribution in [0, 0.1) is 0 Å². The molecule has 3 aromatic carbocycles. The van der Waals surface area contributed by atoms with Gasteiger partial charge in [0.25, 0.3) is 10.0 Å². The SMILES string of the molecule is CC(C)Oc1ccc(CN2c3cccc4cccc(c34)S2(=O)=O)cc1. The van der Waals surface area contributed by atoms with Gasteiger partial charge in [-0.2, -0.15) is 0 Å². The lowest BCUT2D eigenvalue weighted by Gasteiger charge is -2.19. The van der Waals surface area contributed by atoms with E-state index in [1.165, 1.54) is 4.31 Å². The van der Waals surface area contributed by atoms with Crippen LogP contribution in [0.4, 0.5) is 5.69 Å². The van der Waals surface area contributed by atoms with Gasteiger partial charge in [-0.25, -0.2) is 8.42 Å². The molecule has 0 bridgehead atoms. The second-order valence-corrected chi connectivity index (χ2v) is 8.28. The molecule has 0 fully saturated rings. The van der Waals surface area contributed by atoms with E-state index < -0.39 is 10.0 Å². The van der Waals surface area contributed by atoms with Crippen LogP contribution < -0.4 is 9.04 Å². The molecule has 0 amide bonds. The molecule has 3 aromatic rings. The van der Waals surface area contributed by atoms with Gasteiger partial charge in [0.1, 0.15) is 5.75 Å². The fourth-order valence-corrected chi connectivity index (χ4v) is 4.94. The fourth-order valence-electron chi connectivity index (χ4n) is 3.24. The van der Waals surface area contributed by atoms with Crippen molar-refractivity contribution in [2.75, 3.05) is 4.31 Å². The first-order valence-corrected chi connectivity index (χ1v) is 9.71. The summed E-state index contributed by atoms with van der Waals surface area (Å²) >= 11 is 0. The van der Waals surface area contributed by atoms with E-state index in [2.05, 4.69) is 0 Å². The second-order valence-electron chi connectivity index (χ2n) is 6.45. The van der Waals surface area contributed by atoms with E-state index in [9.17, 15) is 8.42 Å². The van der Waals surface area contributed by atoms with E-state index in [4.69, 9.17) is 4.74 Å². The lowest BCUT2D eigenvalue weighted by Crippen LogP contribution is -2.26. The fraction of sp³-hybridized carbons (Fsp3) is 0.200. The summed E-state index contributed by atoms with van der Waals surface area (Å²) in [5.74, 6) is 0.786. The van der Waals surface area contributed by atoms with Gasteiger partial charge in [0.15, 0.2) is 0 Å². The van der Waals surface area contributed by atoms with E-state index in [0.717, 1.165) is 27.8 Å². The molecule has 1 aliphatic rings. The minimum absolute atomic E-state index is 0.108. The number of rotatable bonds is 4. The maximum Gasteiger partial charge on any atom is 0.265 e. The Morgan fingerprint density at radius 3 is 2.32 bits per heavy atom. The molecule has 0 aromatic heterocycles. The molecule has 4 rings (SSSR count). The molecule has 4 nitrogen and oxygen atoms in total. The molecule has 0 saturated heterocycles. The Morgan fingerprint density at radius 1 is 0.960 bits per heavy atom. The van der Waals surface area contributed by atoms with Crippen LogP contribution in [0.3, 0.4) is 0 Å². The highest BCUT2D eigenvalue weighted by Crippen LogP contribution is 2.42. The minimum atomic E-state index is -3.52. The van der Waals surface area contributed by atoms with E-state index in [1.807, 2.05) is 62.4 Å². The Balaban J connectivity index is 1.71. The van der Waals surface area contributed by atoms with Gasteiger partial charge in [-0.3, -0.25) is 4.31 Å². The lowest BCUT2D eigenvalue weighted by atomic mass is 10.1. The molecule has 0 N–H and O–H groups in total. The van der Waals surface area contributed by atoms with Crippen LogP contribution in [0.1, 0.15) is 19.4 Å². The van der Waals surface area contributed by atoms with Crippen LogP contribution in [0.5, 0.6) is 5.75 Å². The Kier molecular flexibility index (Phi) is 3.69. The normalized spacial score (nSPS) is 15.1. The number of benzene rings is 3. The first kappa shape index (κ1) is 16.0. The smallest absolute Gasteiger partial charge is 0.265 e. The van der Waals surface area contributed by atoms with Crippen molar-refractivity contribution in [1.29, 1.82) is 0 Å². The lowest BCUT2D eigenvalue weighted by molar-refractivity contribution is 0.242. The molecule has 0 spiro atoms. The quantitative estimate of drug-likeness (QED) is 0.701. The summed E-state index contributed by atoms with van der Waals surface area (Å²) in [5, 5.41) is 1.76. The van der Waals surface area contributed by atoms with Crippen LogP contribution >= 0.6 is 0 Å². The van der Waals surface area contributed by atoms with Crippen molar-refractivity contribution in [3.05, 3.63) is 66.2 Å². The van der Waals surface area contributed by atoms with Crippen LogP contribution in [0.15, 0.2) is 65.6 Å². The number of sulfonamides is 1. The van der Waals surface area contributed by atoms with Gasteiger partial charge in [-0.05, 0) is 49.1 Å². The Bertz CT molecular complexity index is 1030. The Hall–Kier alpha value is -2.53. The van der Waals surface area contributed by atoms with Gasteiger partial charge in [0.2, 0.25) is 0 Å². The predicted octanol–water partition coefficient (Wildman–Crippen LogP) is 4.34. The van der Waals surface area contributed by atoms with Crippen LogP contribution in [0.25, 0.3) is 10.8 Å². The molecule has 0 unspecified atom stereocenters. The summed E-state index contributed by atoms with van der Waals surface area (Å²) in [5.41, 5.74) is 1.67. The van der Waals surface area contributed by atoms with Crippen molar-refractivity contribution in [3.63, 3.8) is 0 Å². The summed E-state index contributed by atoms with van der Waals surface area (Å²) in [6, 6.07) is 18.7. The maximum atomic E-state index is 13.0. The third kappa shape index (κ3) is 2.65. The van der Waals surface area contributed by atoms with Crippen LogP contribution in [-0.4, -0.2) is 14.5 Å². The zero-order valence-electron chi connectivity index (χ0n) is 14.1. The molecular weight excluding hydrogens is 334 g/mol.